The van der Waals surface area contributed by atoms with Crippen molar-refractivity contribution >= 4 is 93.8 Å². The van der Waals surface area contributed by atoms with Gasteiger partial charge in [0.25, 0.3) is 0 Å². The first-order valence-corrected chi connectivity index (χ1v) is 26.8. The summed E-state index contributed by atoms with van der Waals surface area (Å²) in [4.78, 5) is 10.3. The minimum absolute atomic E-state index is 0.333. The molecule has 0 atom stereocenters. The number of thiophene rings is 6. The maximum Gasteiger partial charge on any atom is 0.362 e. The van der Waals surface area contributed by atoms with Crippen molar-refractivity contribution in [3.63, 3.8) is 0 Å². The van der Waals surface area contributed by atoms with Gasteiger partial charge >= 0.3 is 15.2 Å². The Labute approximate surface area is 344 Å². The van der Waals surface area contributed by atoms with Gasteiger partial charge in [0.15, 0.2) is 0 Å². The molecule has 0 fully saturated rings. The third-order valence-electron chi connectivity index (χ3n) is 8.48. The molecular weight excluding hydrogens is 831 g/mol. The van der Waals surface area contributed by atoms with Gasteiger partial charge < -0.3 is 18.1 Å². The van der Waals surface area contributed by atoms with Crippen LogP contribution in [0.25, 0.3) is 48.8 Å². The van der Waals surface area contributed by atoms with Gasteiger partial charge in [0.1, 0.15) is 0 Å². The molecule has 6 aromatic heterocycles. The van der Waals surface area contributed by atoms with Crippen LogP contribution >= 0.6 is 83.2 Å². The Kier molecular flexibility index (Phi) is 15.8. The molecule has 0 saturated carbocycles. The second kappa shape index (κ2) is 20.3. The standard InChI is InChI=1S/C40H48O6P2S6/c1-5-9-21-43-47(41,44-22-10-6-2)29-27-37(35-18-17-33(51-35)31-15-13-25-49-31)53-40(29)38-28-30(48(42,45-23-11-7-3)46-24-12-8-4)39(54-38)36-20-19-34(52-36)32-16-14-26-50-32/h13-20,25-28H,5-12,21-24H2,1-4H3. The molecule has 0 radical (unpaired) electrons. The van der Waals surface area contributed by atoms with E-state index in [0.29, 0.717) is 37.0 Å². The molecule has 6 aromatic rings. The molecule has 0 bridgehead atoms. The fraction of sp³-hybridized carbons (Fsp3) is 0.400. The molecule has 290 valence electrons. The summed E-state index contributed by atoms with van der Waals surface area (Å²) in [5, 5.41) is 5.28. The molecule has 6 nitrogen and oxygen atoms in total. The lowest BCUT2D eigenvalue weighted by molar-refractivity contribution is 0.208. The average Bonchev–Trinajstić information content (AvgIpc) is 4.02. The van der Waals surface area contributed by atoms with Gasteiger partial charge in [-0.2, -0.15) is 0 Å². The smallest absolute Gasteiger partial charge is 0.305 e. The zero-order valence-corrected chi connectivity index (χ0v) is 37.9. The van der Waals surface area contributed by atoms with Crippen molar-refractivity contribution in [2.45, 2.75) is 79.1 Å². The van der Waals surface area contributed by atoms with E-state index >= 15 is 9.13 Å². The Hall–Kier alpha value is -1.50. The maximum atomic E-state index is 15.1. The fourth-order valence-electron chi connectivity index (χ4n) is 5.46. The molecule has 0 spiro atoms. The van der Waals surface area contributed by atoms with Crippen molar-refractivity contribution < 1.29 is 27.2 Å². The third-order valence-corrected chi connectivity index (χ3v) is 19.9. The van der Waals surface area contributed by atoms with E-state index in [1.807, 2.05) is 12.1 Å². The summed E-state index contributed by atoms with van der Waals surface area (Å²) in [6.07, 6.45) is 6.74. The van der Waals surface area contributed by atoms with E-state index in [1.165, 1.54) is 14.6 Å². The highest BCUT2D eigenvalue weighted by Gasteiger charge is 2.38. The molecule has 0 amide bonds. The zero-order chi connectivity index (χ0) is 38.0. The van der Waals surface area contributed by atoms with E-state index < -0.39 is 15.2 Å². The first kappa shape index (κ1) is 42.1. The Bertz CT molecular complexity index is 2100. The molecule has 54 heavy (non-hydrogen) atoms. The number of hydrogen-bond donors (Lipinski definition) is 0. The number of unbranched alkanes of at least 4 members (excludes halogenated alkanes) is 4. The van der Waals surface area contributed by atoms with Crippen LogP contribution in [0.3, 0.4) is 0 Å². The number of hydrogen-bond acceptors (Lipinski definition) is 12. The van der Waals surface area contributed by atoms with E-state index in [1.54, 1.807) is 68.0 Å². The Morgan fingerprint density at radius 2 is 0.815 bits per heavy atom. The number of rotatable bonds is 23. The molecular formula is C40H48O6P2S6. The minimum atomic E-state index is -3.77. The van der Waals surface area contributed by atoms with Gasteiger partial charge in [0, 0.05) is 39.0 Å². The minimum Gasteiger partial charge on any atom is -0.305 e. The van der Waals surface area contributed by atoms with Crippen molar-refractivity contribution in [2.24, 2.45) is 0 Å². The van der Waals surface area contributed by atoms with Gasteiger partial charge in [0.2, 0.25) is 0 Å². The van der Waals surface area contributed by atoms with Gasteiger partial charge in [-0.05, 0) is 85.0 Å². The van der Waals surface area contributed by atoms with E-state index in [4.69, 9.17) is 18.1 Å². The predicted molar refractivity (Wildman–Crippen MR) is 239 cm³/mol. The molecule has 0 aromatic carbocycles. The lowest BCUT2D eigenvalue weighted by atomic mass is 10.3. The topological polar surface area (TPSA) is 71.1 Å². The monoisotopic (exact) mass is 878 g/mol. The molecule has 14 heteroatoms. The summed E-state index contributed by atoms with van der Waals surface area (Å²) in [5.41, 5.74) is 0. The third kappa shape index (κ3) is 10.1. The van der Waals surface area contributed by atoms with E-state index in [2.05, 4.69) is 87.0 Å². The van der Waals surface area contributed by atoms with E-state index in [-0.39, 0.29) is 0 Å². The largest absolute Gasteiger partial charge is 0.362 e. The normalized spacial score (nSPS) is 12.3. The summed E-state index contributed by atoms with van der Waals surface area (Å²) in [7, 11) is -7.53. The average molecular weight is 879 g/mol. The highest BCUT2D eigenvalue weighted by Crippen LogP contribution is 2.57. The quantitative estimate of drug-likeness (QED) is 0.0472. The second-order valence-electron chi connectivity index (χ2n) is 12.7. The summed E-state index contributed by atoms with van der Waals surface area (Å²) < 4.78 is 55.3. The van der Waals surface area contributed by atoms with Crippen LogP contribution in [0, 0.1) is 0 Å². The van der Waals surface area contributed by atoms with Gasteiger partial charge in [-0.15, -0.1) is 68.0 Å². The van der Waals surface area contributed by atoms with E-state index in [0.717, 1.165) is 85.5 Å². The summed E-state index contributed by atoms with van der Waals surface area (Å²) >= 11 is 9.93. The molecule has 0 saturated heterocycles. The summed E-state index contributed by atoms with van der Waals surface area (Å²) in [5.74, 6) is 0. The van der Waals surface area contributed by atoms with Crippen LogP contribution in [-0.4, -0.2) is 26.4 Å². The van der Waals surface area contributed by atoms with Crippen molar-refractivity contribution in [1.82, 2.24) is 0 Å². The van der Waals surface area contributed by atoms with E-state index in [9.17, 15) is 0 Å². The van der Waals surface area contributed by atoms with Crippen molar-refractivity contribution in [2.75, 3.05) is 26.4 Å². The van der Waals surface area contributed by atoms with Crippen LogP contribution in [0.1, 0.15) is 79.1 Å². The highest BCUT2D eigenvalue weighted by atomic mass is 32.1. The Morgan fingerprint density at radius 3 is 1.24 bits per heavy atom. The van der Waals surface area contributed by atoms with Gasteiger partial charge in [-0.3, -0.25) is 9.13 Å². The van der Waals surface area contributed by atoms with Crippen LogP contribution in [0.5, 0.6) is 0 Å². The van der Waals surface area contributed by atoms with Crippen LogP contribution in [0.2, 0.25) is 0 Å². The lowest BCUT2D eigenvalue weighted by Gasteiger charge is -2.19. The molecule has 0 aliphatic rings. The molecule has 0 N–H and O–H groups in total. The van der Waals surface area contributed by atoms with Gasteiger partial charge in [-0.1, -0.05) is 65.5 Å². The zero-order valence-electron chi connectivity index (χ0n) is 31.2. The fourth-order valence-corrected chi connectivity index (χ4v) is 16.3. The predicted octanol–water partition coefficient (Wildman–Crippen LogP) is 15.3. The Morgan fingerprint density at radius 1 is 0.444 bits per heavy atom. The maximum absolute atomic E-state index is 15.1. The molecule has 0 unspecified atom stereocenters. The second-order valence-corrected chi connectivity index (χ2v) is 22.8. The summed E-state index contributed by atoms with van der Waals surface area (Å²) in [6.45, 7) is 9.70. The van der Waals surface area contributed by atoms with Crippen molar-refractivity contribution in [3.8, 4) is 48.8 Å². The first-order valence-electron chi connectivity index (χ1n) is 18.7. The van der Waals surface area contributed by atoms with Crippen LogP contribution in [0.4, 0.5) is 0 Å². The molecule has 0 aliphatic carbocycles. The highest BCUT2D eigenvalue weighted by molar-refractivity contribution is 7.64. The van der Waals surface area contributed by atoms with Crippen molar-refractivity contribution in [3.05, 3.63) is 71.4 Å². The molecule has 6 rings (SSSR count). The Balaban J connectivity index is 1.53. The van der Waals surface area contributed by atoms with Gasteiger partial charge in [-0.25, -0.2) is 0 Å². The summed E-state index contributed by atoms with van der Waals surface area (Å²) in [6, 6.07) is 20.9. The van der Waals surface area contributed by atoms with Crippen LogP contribution < -0.4 is 10.6 Å². The van der Waals surface area contributed by atoms with Crippen LogP contribution in [0.15, 0.2) is 71.4 Å². The molecule has 6 heterocycles. The lowest BCUT2D eigenvalue weighted by Crippen LogP contribution is -2.13. The van der Waals surface area contributed by atoms with Crippen LogP contribution in [-0.2, 0) is 27.2 Å². The van der Waals surface area contributed by atoms with Crippen molar-refractivity contribution in [1.29, 1.82) is 0 Å². The first-order chi connectivity index (χ1) is 26.3. The van der Waals surface area contributed by atoms with Gasteiger partial charge in [0.05, 0.1) is 46.8 Å². The SMILES string of the molecule is CCCCOP(=O)(OCCCC)c1cc(-c2ccc(-c3cccs3)s2)sc1-c1cc(P(=O)(OCCCC)OCCCC)c(-c2ccc(-c3cccs3)s2)s1. The molecule has 0 aliphatic heterocycles.